The minimum atomic E-state index is -0.271. The second-order valence-electron chi connectivity index (χ2n) is 2.30. The van der Waals surface area contributed by atoms with Crippen molar-refractivity contribution in [1.82, 2.24) is 9.55 Å². The van der Waals surface area contributed by atoms with Crippen LogP contribution in [-0.2, 0) is 6.54 Å². The van der Waals surface area contributed by atoms with Gasteiger partial charge in [-0.2, -0.15) is 0 Å². The third kappa shape index (κ3) is 1.58. The number of hydrogen-bond donors (Lipinski definition) is 1. The zero-order chi connectivity index (χ0) is 8.27. The van der Waals surface area contributed by atoms with Gasteiger partial charge in [0.05, 0.1) is 0 Å². The Balaban J connectivity index is 3.10. The number of anilines is 1. The standard InChI is InChI=1S/C7H11N3O/c1-2-5-10-6(8)3-4-9-7(10)11/h3-4H,2,5,8H2,1H3. The van der Waals surface area contributed by atoms with E-state index < -0.39 is 0 Å². The van der Waals surface area contributed by atoms with Crippen molar-refractivity contribution in [1.29, 1.82) is 0 Å². The maximum Gasteiger partial charge on any atom is 0.349 e. The van der Waals surface area contributed by atoms with Crippen molar-refractivity contribution in [3.05, 3.63) is 22.7 Å². The van der Waals surface area contributed by atoms with Crippen LogP contribution in [0.4, 0.5) is 5.82 Å². The molecule has 4 heteroatoms. The van der Waals surface area contributed by atoms with Crippen molar-refractivity contribution in [2.75, 3.05) is 5.73 Å². The topological polar surface area (TPSA) is 60.9 Å². The van der Waals surface area contributed by atoms with E-state index >= 15 is 0 Å². The molecule has 0 amide bonds. The Bertz CT molecular complexity index is 292. The van der Waals surface area contributed by atoms with Crippen LogP contribution < -0.4 is 11.4 Å². The summed E-state index contributed by atoms with van der Waals surface area (Å²) >= 11 is 0. The molecule has 2 N–H and O–H groups in total. The fourth-order valence-electron chi connectivity index (χ4n) is 0.896. The molecule has 1 rings (SSSR count). The summed E-state index contributed by atoms with van der Waals surface area (Å²) in [5, 5.41) is 0. The van der Waals surface area contributed by atoms with E-state index in [0.29, 0.717) is 12.4 Å². The summed E-state index contributed by atoms with van der Waals surface area (Å²) in [7, 11) is 0. The lowest BCUT2D eigenvalue weighted by atomic mass is 10.4. The molecule has 0 unspecified atom stereocenters. The first-order valence-electron chi connectivity index (χ1n) is 3.57. The van der Waals surface area contributed by atoms with E-state index in [4.69, 9.17) is 5.73 Å². The second-order valence-corrected chi connectivity index (χ2v) is 2.30. The van der Waals surface area contributed by atoms with Crippen LogP contribution in [0.2, 0.25) is 0 Å². The predicted molar refractivity (Wildman–Crippen MR) is 43.2 cm³/mol. The van der Waals surface area contributed by atoms with Crippen molar-refractivity contribution in [3.8, 4) is 0 Å². The molecule has 0 atom stereocenters. The first-order valence-corrected chi connectivity index (χ1v) is 3.57. The van der Waals surface area contributed by atoms with E-state index in [1.807, 2.05) is 6.92 Å². The molecule has 0 bridgehead atoms. The fourth-order valence-corrected chi connectivity index (χ4v) is 0.896. The summed E-state index contributed by atoms with van der Waals surface area (Å²) in [6, 6.07) is 1.62. The molecular formula is C7H11N3O. The van der Waals surface area contributed by atoms with Crippen molar-refractivity contribution >= 4 is 5.82 Å². The molecule has 0 fully saturated rings. The van der Waals surface area contributed by atoms with Gasteiger partial charge in [-0.05, 0) is 12.5 Å². The lowest BCUT2D eigenvalue weighted by molar-refractivity contribution is 0.645. The van der Waals surface area contributed by atoms with Gasteiger partial charge in [-0.3, -0.25) is 4.57 Å². The lowest BCUT2D eigenvalue weighted by Gasteiger charge is -2.04. The van der Waals surface area contributed by atoms with Crippen LogP contribution in [0, 0.1) is 0 Å². The van der Waals surface area contributed by atoms with Gasteiger partial charge in [-0.1, -0.05) is 6.92 Å². The molecule has 0 spiro atoms. The largest absolute Gasteiger partial charge is 0.385 e. The third-order valence-electron chi connectivity index (χ3n) is 1.42. The molecule has 1 aromatic rings. The van der Waals surface area contributed by atoms with Gasteiger partial charge in [-0.25, -0.2) is 9.78 Å². The molecule has 60 valence electrons. The molecule has 4 nitrogen and oxygen atoms in total. The average molecular weight is 153 g/mol. The number of nitrogen functional groups attached to an aromatic ring is 1. The van der Waals surface area contributed by atoms with Crippen molar-refractivity contribution < 1.29 is 0 Å². The Hall–Kier alpha value is -1.32. The third-order valence-corrected chi connectivity index (χ3v) is 1.42. The lowest BCUT2D eigenvalue weighted by Crippen LogP contribution is -2.24. The van der Waals surface area contributed by atoms with E-state index in [2.05, 4.69) is 4.98 Å². The van der Waals surface area contributed by atoms with Gasteiger partial charge in [0.15, 0.2) is 0 Å². The second kappa shape index (κ2) is 3.18. The number of nitrogens with zero attached hydrogens (tertiary/aromatic N) is 2. The van der Waals surface area contributed by atoms with Gasteiger partial charge >= 0.3 is 5.69 Å². The maximum atomic E-state index is 11.0. The molecule has 0 saturated heterocycles. The summed E-state index contributed by atoms with van der Waals surface area (Å²) in [5.41, 5.74) is 5.26. The zero-order valence-electron chi connectivity index (χ0n) is 6.45. The molecule has 0 aliphatic heterocycles. The average Bonchev–Trinajstić information content (AvgIpc) is 1.97. The van der Waals surface area contributed by atoms with Crippen molar-refractivity contribution in [3.63, 3.8) is 0 Å². The van der Waals surface area contributed by atoms with Crippen LogP contribution in [0.25, 0.3) is 0 Å². The molecule has 0 saturated carbocycles. The highest BCUT2D eigenvalue weighted by molar-refractivity contribution is 5.25. The molecule has 1 heterocycles. The van der Waals surface area contributed by atoms with Crippen LogP contribution >= 0.6 is 0 Å². The van der Waals surface area contributed by atoms with Gasteiger partial charge < -0.3 is 5.73 Å². The number of nitrogens with two attached hydrogens (primary N) is 1. The summed E-state index contributed by atoms with van der Waals surface area (Å²) in [6.45, 7) is 2.62. The van der Waals surface area contributed by atoms with E-state index in [9.17, 15) is 4.79 Å². The minimum absolute atomic E-state index is 0.271. The van der Waals surface area contributed by atoms with Crippen LogP contribution in [0.5, 0.6) is 0 Å². The van der Waals surface area contributed by atoms with E-state index in [1.165, 1.54) is 10.8 Å². The summed E-state index contributed by atoms with van der Waals surface area (Å²) in [4.78, 5) is 14.6. The van der Waals surface area contributed by atoms with Crippen molar-refractivity contribution in [2.24, 2.45) is 0 Å². The van der Waals surface area contributed by atoms with Gasteiger partial charge in [-0.15, -0.1) is 0 Å². The Labute approximate surface area is 64.7 Å². The van der Waals surface area contributed by atoms with Gasteiger partial charge in [0, 0.05) is 12.7 Å². The minimum Gasteiger partial charge on any atom is -0.385 e. The molecule has 0 aromatic carbocycles. The van der Waals surface area contributed by atoms with E-state index in [-0.39, 0.29) is 5.69 Å². The monoisotopic (exact) mass is 153 g/mol. The quantitative estimate of drug-likeness (QED) is 0.661. The highest BCUT2D eigenvalue weighted by Crippen LogP contribution is 1.95. The summed E-state index contributed by atoms with van der Waals surface area (Å²) < 4.78 is 1.46. The molecule has 0 radical (unpaired) electrons. The first-order chi connectivity index (χ1) is 5.25. The molecule has 0 aliphatic carbocycles. The van der Waals surface area contributed by atoms with Crippen LogP contribution in [-0.4, -0.2) is 9.55 Å². The smallest absolute Gasteiger partial charge is 0.349 e. The van der Waals surface area contributed by atoms with Crippen molar-refractivity contribution in [2.45, 2.75) is 19.9 Å². The number of rotatable bonds is 2. The molecule has 1 aromatic heterocycles. The van der Waals surface area contributed by atoms with E-state index in [1.54, 1.807) is 6.07 Å². The number of aromatic nitrogens is 2. The summed E-state index contributed by atoms with van der Waals surface area (Å²) in [5.74, 6) is 0.479. The maximum absolute atomic E-state index is 11.0. The first kappa shape index (κ1) is 7.78. The normalized spacial score (nSPS) is 9.91. The highest BCUT2D eigenvalue weighted by Gasteiger charge is 1.97. The summed E-state index contributed by atoms with van der Waals surface area (Å²) in [6.07, 6.45) is 2.31. The predicted octanol–water partition coefficient (Wildman–Crippen LogP) is 0.236. The van der Waals surface area contributed by atoms with Crippen LogP contribution in [0.1, 0.15) is 13.3 Å². The van der Waals surface area contributed by atoms with Crippen LogP contribution in [0.15, 0.2) is 17.1 Å². The van der Waals surface area contributed by atoms with Gasteiger partial charge in [0.25, 0.3) is 0 Å². The molecule has 11 heavy (non-hydrogen) atoms. The Morgan fingerprint density at radius 3 is 3.00 bits per heavy atom. The number of hydrogen-bond acceptors (Lipinski definition) is 3. The Kier molecular flexibility index (Phi) is 2.25. The highest BCUT2D eigenvalue weighted by atomic mass is 16.1. The van der Waals surface area contributed by atoms with E-state index in [0.717, 1.165) is 6.42 Å². The van der Waals surface area contributed by atoms with Gasteiger partial charge in [0.1, 0.15) is 5.82 Å². The fraction of sp³-hybridized carbons (Fsp3) is 0.429. The van der Waals surface area contributed by atoms with Gasteiger partial charge in [0.2, 0.25) is 0 Å². The Morgan fingerprint density at radius 1 is 1.73 bits per heavy atom. The zero-order valence-corrected chi connectivity index (χ0v) is 6.45. The van der Waals surface area contributed by atoms with Crippen LogP contribution in [0.3, 0.4) is 0 Å². The SMILES string of the molecule is CCCn1c(N)ccnc1=O. The molecular weight excluding hydrogens is 142 g/mol. The molecule has 0 aliphatic rings. The Morgan fingerprint density at radius 2 is 2.45 bits per heavy atom.